The van der Waals surface area contributed by atoms with Gasteiger partial charge in [0.05, 0.1) is 0 Å². The summed E-state index contributed by atoms with van der Waals surface area (Å²) >= 11 is 0. The van der Waals surface area contributed by atoms with Crippen LogP contribution in [0.25, 0.3) is 0 Å². The van der Waals surface area contributed by atoms with Crippen LogP contribution in [0.15, 0.2) is 11.6 Å². The second kappa shape index (κ2) is 7.02. The molecule has 0 aromatic carbocycles. The van der Waals surface area contributed by atoms with Crippen molar-refractivity contribution in [1.82, 2.24) is 4.90 Å². The Balaban J connectivity index is 2.29. The standard InChI is InChI=1S/C12H24N2/c1-12(7-8-13)11-14-9-5-3-2-4-6-10-14/h7H,2-6,8-11,13H2,1H3/b12-7+. The van der Waals surface area contributed by atoms with E-state index in [1.165, 1.54) is 50.8 Å². The molecule has 0 radical (unpaired) electrons. The van der Waals surface area contributed by atoms with Crippen molar-refractivity contribution in [3.05, 3.63) is 11.6 Å². The molecule has 0 unspecified atom stereocenters. The van der Waals surface area contributed by atoms with Crippen LogP contribution in [-0.2, 0) is 0 Å². The van der Waals surface area contributed by atoms with Crippen LogP contribution in [0, 0.1) is 0 Å². The average molecular weight is 196 g/mol. The van der Waals surface area contributed by atoms with E-state index in [9.17, 15) is 0 Å². The van der Waals surface area contributed by atoms with Gasteiger partial charge in [-0.15, -0.1) is 0 Å². The van der Waals surface area contributed by atoms with Gasteiger partial charge in [-0.1, -0.05) is 30.9 Å². The minimum atomic E-state index is 0.680. The van der Waals surface area contributed by atoms with Crippen molar-refractivity contribution >= 4 is 0 Å². The molecule has 1 rings (SSSR count). The molecule has 0 aromatic rings. The zero-order chi connectivity index (χ0) is 10.2. The fourth-order valence-electron chi connectivity index (χ4n) is 2.09. The summed E-state index contributed by atoms with van der Waals surface area (Å²) in [5, 5.41) is 0. The SMILES string of the molecule is C/C(=C\CN)CN1CCCCCCC1. The Hall–Kier alpha value is -0.340. The molecular weight excluding hydrogens is 172 g/mol. The maximum Gasteiger partial charge on any atom is 0.0190 e. The first-order valence-corrected chi connectivity index (χ1v) is 5.91. The lowest BCUT2D eigenvalue weighted by Gasteiger charge is -2.24. The van der Waals surface area contributed by atoms with Crippen molar-refractivity contribution in [2.75, 3.05) is 26.2 Å². The molecule has 1 saturated heterocycles. The molecule has 0 aromatic heterocycles. The Morgan fingerprint density at radius 1 is 1.14 bits per heavy atom. The summed E-state index contributed by atoms with van der Waals surface area (Å²) in [5.74, 6) is 0. The summed E-state index contributed by atoms with van der Waals surface area (Å²) in [6.45, 7) is 6.54. The predicted molar refractivity (Wildman–Crippen MR) is 62.3 cm³/mol. The lowest BCUT2D eigenvalue weighted by molar-refractivity contribution is 0.266. The Kier molecular flexibility index (Phi) is 5.88. The van der Waals surface area contributed by atoms with E-state index in [4.69, 9.17) is 5.73 Å². The van der Waals surface area contributed by atoms with Gasteiger partial charge in [-0.2, -0.15) is 0 Å². The summed E-state index contributed by atoms with van der Waals surface area (Å²) in [4.78, 5) is 2.57. The summed E-state index contributed by atoms with van der Waals surface area (Å²) in [5.41, 5.74) is 6.92. The van der Waals surface area contributed by atoms with E-state index in [0.717, 1.165) is 6.54 Å². The molecule has 2 N–H and O–H groups in total. The molecule has 2 nitrogen and oxygen atoms in total. The van der Waals surface area contributed by atoms with Crippen LogP contribution >= 0.6 is 0 Å². The van der Waals surface area contributed by atoms with Gasteiger partial charge in [-0.3, -0.25) is 4.90 Å². The van der Waals surface area contributed by atoms with E-state index in [1.54, 1.807) is 0 Å². The molecule has 1 fully saturated rings. The lowest BCUT2D eigenvalue weighted by Crippen LogP contribution is -2.29. The van der Waals surface area contributed by atoms with Crippen LogP contribution in [0.1, 0.15) is 39.0 Å². The monoisotopic (exact) mass is 196 g/mol. The van der Waals surface area contributed by atoms with E-state index in [-0.39, 0.29) is 0 Å². The van der Waals surface area contributed by atoms with Crippen molar-refractivity contribution in [2.24, 2.45) is 5.73 Å². The highest BCUT2D eigenvalue weighted by Gasteiger charge is 2.07. The van der Waals surface area contributed by atoms with Gasteiger partial charge in [0.15, 0.2) is 0 Å². The summed E-state index contributed by atoms with van der Waals surface area (Å²) in [6, 6.07) is 0. The van der Waals surface area contributed by atoms with Crippen molar-refractivity contribution in [3.63, 3.8) is 0 Å². The quantitative estimate of drug-likeness (QED) is 0.701. The average Bonchev–Trinajstić information content (AvgIpc) is 2.10. The molecular formula is C12H24N2. The van der Waals surface area contributed by atoms with Crippen molar-refractivity contribution in [1.29, 1.82) is 0 Å². The van der Waals surface area contributed by atoms with Gasteiger partial charge in [0.25, 0.3) is 0 Å². The maximum atomic E-state index is 5.50. The third-order valence-electron chi connectivity index (χ3n) is 2.89. The van der Waals surface area contributed by atoms with Crippen LogP contribution in [0.2, 0.25) is 0 Å². The molecule has 1 heterocycles. The molecule has 1 aliphatic rings. The number of hydrogen-bond donors (Lipinski definition) is 1. The first kappa shape index (κ1) is 11.7. The van der Waals surface area contributed by atoms with Crippen molar-refractivity contribution in [2.45, 2.75) is 39.0 Å². The van der Waals surface area contributed by atoms with E-state index in [2.05, 4.69) is 17.9 Å². The van der Waals surface area contributed by atoms with Crippen LogP contribution in [-0.4, -0.2) is 31.1 Å². The van der Waals surface area contributed by atoms with Gasteiger partial charge in [0.1, 0.15) is 0 Å². The van der Waals surface area contributed by atoms with Crippen molar-refractivity contribution < 1.29 is 0 Å². The highest BCUT2D eigenvalue weighted by Crippen LogP contribution is 2.11. The van der Waals surface area contributed by atoms with Gasteiger partial charge >= 0.3 is 0 Å². The minimum absolute atomic E-state index is 0.680. The molecule has 2 heteroatoms. The number of nitrogens with two attached hydrogens (primary N) is 1. The second-order valence-electron chi connectivity index (χ2n) is 4.33. The summed E-state index contributed by atoms with van der Waals surface area (Å²) in [7, 11) is 0. The van der Waals surface area contributed by atoms with Gasteiger partial charge in [-0.25, -0.2) is 0 Å². The predicted octanol–water partition coefficient (Wildman–Crippen LogP) is 2.16. The van der Waals surface area contributed by atoms with Gasteiger partial charge in [-0.05, 0) is 32.9 Å². The fourth-order valence-corrected chi connectivity index (χ4v) is 2.09. The molecule has 14 heavy (non-hydrogen) atoms. The molecule has 0 aliphatic carbocycles. The zero-order valence-corrected chi connectivity index (χ0v) is 9.47. The number of hydrogen-bond acceptors (Lipinski definition) is 2. The van der Waals surface area contributed by atoms with E-state index < -0.39 is 0 Å². The van der Waals surface area contributed by atoms with Crippen LogP contribution in [0.4, 0.5) is 0 Å². The molecule has 0 saturated carbocycles. The number of nitrogens with zero attached hydrogens (tertiary/aromatic N) is 1. The van der Waals surface area contributed by atoms with E-state index in [1.807, 2.05) is 0 Å². The fraction of sp³-hybridized carbons (Fsp3) is 0.833. The summed E-state index contributed by atoms with van der Waals surface area (Å²) < 4.78 is 0. The Morgan fingerprint density at radius 3 is 2.29 bits per heavy atom. The first-order valence-electron chi connectivity index (χ1n) is 5.91. The normalized spacial score (nSPS) is 21.7. The topological polar surface area (TPSA) is 29.3 Å². The third kappa shape index (κ3) is 4.77. The smallest absolute Gasteiger partial charge is 0.0190 e. The second-order valence-corrected chi connectivity index (χ2v) is 4.33. The highest BCUT2D eigenvalue weighted by molar-refractivity contribution is 5.01. The van der Waals surface area contributed by atoms with Crippen LogP contribution in [0.5, 0.6) is 0 Å². The van der Waals surface area contributed by atoms with Gasteiger partial charge in [0, 0.05) is 13.1 Å². The zero-order valence-electron chi connectivity index (χ0n) is 9.47. The molecule has 1 aliphatic heterocycles. The van der Waals surface area contributed by atoms with Gasteiger partial charge < -0.3 is 5.73 Å². The lowest BCUT2D eigenvalue weighted by atomic mass is 10.1. The largest absolute Gasteiger partial charge is 0.327 e. The van der Waals surface area contributed by atoms with E-state index >= 15 is 0 Å². The first-order chi connectivity index (χ1) is 6.83. The third-order valence-corrected chi connectivity index (χ3v) is 2.89. The van der Waals surface area contributed by atoms with Gasteiger partial charge in [0.2, 0.25) is 0 Å². The number of rotatable bonds is 3. The minimum Gasteiger partial charge on any atom is -0.327 e. The molecule has 82 valence electrons. The summed E-state index contributed by atoms with van der Waals surface area (Å²) in [6.07, 6.45) is 9.14. The maximum absolute atomic E-state index is 5.50. The highest BCUT2D eigenvalue weighted by atomic mass is 15.1. The number of likely N-dealkylation sites (tertiary alicyclic amines) is 1. The van der Waals surface area contributed by atoms with Crippen molar-refractivity contribution in [3.8, 4) is 0 Å². The molecule has 0 amide bonds. The molecule has 0 bridgehead atoms. The van der Waals surface area contributed by atoms with E-state index in [0.29, 0.717) is 6.54 Å². The van der Waals surface area contributed by atoms with Crippen LogP contribution in [0.3, 0.4) is 0 Å². The molecule has 0 spiro atoms. The molecule has 0 atom stereocenters. The van der Waals surface area contributed by atoms with Crippen LogP contribution < -0.4 is 5.73 Å². The Morgan fingerprint density at radius 2 is 1.71 bits per heavy atom. The Bertz CT molecular complexity index is 167. The Labute approximate surface area is 88.2 Å².